The fraction of sp³-hybridized carbons (Fsp3) is 0.615. The van der Waals surface area contributed by atoms with Gasteiger partial charge in [0.2, 0.25) is 5.13 Å². The average Bonchev–Trinajstić information content (AvgIpc) is 2.99. The summed E-state index contributed by atoms with van der Waals surface area (Å²) in [5.41, 5.74) is 8.95. The van der Waals surface area contributed by atoms with Crippen molar-refractivity contribution in [3.05, 3.63) is 22.0 Å². The molecule has 0 saturated carbocycles. The second-order valence-electron chi connectivity index (χ2n) is 5.00. The number of nitrogens with two attached hydrogens (primary N) is 1. The first-order chi connectivity index (χ1) is 9.29. The second-order valence-corrected chi connectivity index (χ2v) is 6.06. The van der Waals surface area contributed by atoms with E-state index in [1.165, 1.54) is 29.8 Å². The number of fused-ring (bicyclic) bond motifs is 1. The molecule has 2 aromatic rings. The van der Waals surface area contributed by atoms with Gasteiger partial charge in [-0.2, -0.15) is 4.68 Å². The number of hydrogen-bond acceptors (Lipinski definition) is 5. The highest BCUT2D eigenvalue weighted by atomic mass is 32.1. The lowest BCUT2D eigenvalue weighted by Gasteiger charge is -2.06. The Morgan fingerprint density at radius 2 is 2.16 bits per heavy atom. The molecule has 3 rings (SSSR count). The Balaban J connectivity index is 1.89. The van der Waals surface area contributed by atoms with Gasteiger partial charge in [0.25, 0.3) is 0 Å². The predicted octanol–water partition coefficient (Wildman–Crippen LogP) is 1.80. The maximum Gasteiger partial charge on any atom is 0.212 e. The van der Waals surface area contributed by atoms with Crippen molar-refractivity contribution in [1.29, 1.82) is 0 Å². The molecule has 0 amide bonds. The van der Waals surface area contributed by atoms with E-state index < -0.39 is 0 Å². The van der Waals surface area contributed by atoms with Crippen molar-refractivity contribution in [2.45, 2.75) is 45.4 Å². The molecule has 0 spiro atoms. The predicted molar refractivity (Wildman–Crippen MR) is 75.8 cm³/mol. The number of nitrogens with zero attached hydrogens (tertiary/aromatic N) is 4. The minimum absolute atomic E-state index is 0.692. The van der Waals surface area contributed by atoms with E-state index in [4.69, 9.17) is 10.7 Å². The van der Waals surface area contributed by atoms with Crippen molar-refractivity contribution < 1.29 is 0 Å². The van der Waals surface area contributed by atoms with E-state index in [1.54, 1.807) is 11.3 Å². The molecule has 2 N–H and O–H groups in total. The van der Waals surface area contributed by atoms with Gasteiger partial charge < -0.3 is 5.73 Å². The van der Waals surface area contributed by atoms with Crippen molar-refractivity contribution in [3.63, 3.8) is 0 Å². The third kappa shape index (κ3) is 2.42. The van der Waals surface area contributed by atoms with Gasteiger partial charge in [-0.15, -0.1) is 5.10 Å². The van der Waals surface area contributed by atoms with Gasteiger partial charge in [-0.1, -0.05) is 16.6 Å². The lowest BCUT2D eigenvalue weighted by molar-refractivity contribution is 0.678. The first-order valence-electron chi connectivity index (χ1n) is 6.90. The van der Waals surface area contributed by atoms with Crippen LogP contribution in [0.25, 0.3) is 5.13 Å². The molecule has 0 atom stereocenters. The van der Waals surface area contributed by atoms with Crippen LogP contribution < -0.4 is 5.73 Å². The van der Waals surface area contributed by atoms with Gasteiger partial charge in [0, 0.05) is 4.88 Å². The van der Waals surface area contributed by atoms with E-state index in [0.717, 1.165) is 35.8 Å². The molecule has 0 aromatic carbocycles. The van der Waals surface area contributed by atoms with E-state index in [-0.39, 0.29) is 0 Å². The summed E-state index contributed by atoms with van der Waals surface area (Å²) in [4.78, 5) is 6.16. The van der Waals surface area contributed by atoms with Gasteiger partial charge in [-0.3, -0.25) is 0 Å². The highest BCUT2D eigenvalue weighted by Gasteiger charge is 2.18. The van der Waals surface area contributed by atoms with Crippen molar-refractivity contribution in [2.24, 2.45) is 5.73 Å². The highest BCUT2D eigenvalue weighted by Crippen LogP contribution is 2.29. The zero-order chi connectivity index (χ0) is 13.2. The summed E-state index contributed by atoms with van der Waals surface area (Å²) >= 11 is 1.76. The molecule has 102 valence electrons. The summed E-state index contributed by atoms with van der Waals surface area (Å²) in [6, 6.07) is 0. The molecule has 2 heterocycles. The maximum absolute atomic E-state index is 5.55. The van der Waals surface area contributed by atoms with E-state index in [9.17, 15) is 0 Å². The fourth-order valence-corrected chi connectivity index (χ4v) is 3.62. The monoisotopic (exact) mass is 277 g/mol. The van der Waals surface area contributed by atoms with E-state index in [2.05, 4.69) is 17.2 Å². The molecule has 1 aliphatic carbocycles. The van der Waals surface area contributed by atoms with Gasteiger partial charge in [-0.25, -0.2) is 4.98 Å². The second kappa shape index (κ2) is 5.38. The van der Waals surface area contributed by atoms with Crippen LogP contribution in [-0.4, -0.2) is 26.5 Å². The summed E-state index contributed by atoms with van der Waals surface area (Å²) in [5, 5.41) is 9.48. The Morgan fingerprint density at radius 1 is 1.32 bits per heavy atom. The van der Waals surface area contributed by atoms with Crippen molar-refractivity contribution >= 4 is 11.3 Å². The average molecular weight is 277 g/mol. The van der Waals surface area contributed by atoms with Crippen molar-refractivity contribution in [1.82, 2.24) is 20.0 Å². The zero-order valence-electron chi connectivity index (χ0n) is 11.2. The van der Waals surface area contributed by atoms with Crippen LogP contribution in [-0.2, 0) is 19.3 Å². The number of aromatic nitrogens is 4. The van der Waals surface area contributed by atoms with Gasteiger partial charge in [0.1, 0.15) is 0 Å². The number of rotatable bonds is 4. The molecule has 0 aliphatic heterocycles. The summed E-state index contributed by atoms with van der Waals surface area (Å²) in [6.45, 7) is 2.75. The maximum atomic E-state index is 5.55. The largest absolute Gasteiger partial charge is 0.330 e. The summed E-state index contributed by atoms with van der Waals surface area (Å²) < 4.78 is 1.88. The molecular weight excluding hydrogens is 258 g/mol. The number of hydrogen-bond donors (Lipinski definition) is 1. The molecule has 19 heavy (non-hydrogen) atoms. The topological polar surface area (TPSA) is 69.6 Å². The van der Waals surface area contributed by atoms with Crippen LogP contribution in [0.3, 0.4) is 0 Å². The standard InChI is InChI=1S/C13H19N5S/c1-9-10(6-4-8-14)16-17-18(9)13-15-11-5-2-3-7-12(11)19-13/h2-8,14H2,1H3. The van der Waals surface area contributed by atoms with Crippen LogP contribution in [0.1, 0.15) is 41.2 Å². The molecular formula is C13H19N5S. The summed E-state index contributed by atoms with van der Waals surface area (Å²) in [7, 11) is 0. The van der Waals surface area contributed by atoms with E-state index >= 15 is 0 Å². The molecule has 0 bridgehead atoms. The molecule has 0 unspecified atom stereocenters. The molecule has 2 aromatic heterocycles. The minimum atomic E-state index is 0.692. The summed E-state index contributed by atoms with van der Waals surface area (Å²) in [5.74, 6) is 0. The SMILES string of the molecule is Cc1c(CCCN)nnn1-c1nc2c(s1)CCCC2. The molecule has 0 saturated heterocycles. The number of thiazole rings is 1. The molecule has 1 aliphatic rings. The van der Waals surface area contributed by atoms with E-state index in [1.807, 2.05) is 4.68 Å². The number of aryl methyl sites for hydroxylation is 3. The zero-order valence-corrected chi connectivity index (χ0v) is 12.0. The third-order valence-corrected chi connectivity index (χ3v) is 4.76. The minimum Gasteiger partial charge on any atom is -0.330 e. The van der Waals surface area contributed by atoms with Crippen molar-refractivity contribution in [2.75, 3.05) is 6.54 Å². The van der Waals surface area contributed by atoms with Gasteiger partial charge in [0.15, 0.2) is 0 Å². The van der Waals surface area contributed by atoms with Crippen LogP contribution in [0, 0.1) is 6.92 Å². The van der Waals surface area contributed by atoms with E-state index in [0.29, 0.717) is 6.54 Å². The molecule has 6 heteroatoms. The fourth-order valence-electron chi connectivity index (χ4n) is 2.47. The van der Waals surface area contributed by atoms with Crippen molar-refractivity contribution in [3.8, 4) is 5.13 Å². The Labute approximate surface area is 116 Å². The third-order valence-electron chi connectivity index (χ3n) is 3.62. The molecule has 5 nitrogen and oxygen atoms in total. The quantitative estimate of drug-likeness (QED) is 0.925. The Morgan fingerprint density at radius 3 is 2.95 bits per heavy atom. The van der Waals surface area contributed by atoms with Crippen LogP contribution in [0.15, 0.2) is 0 Å². The Kier molecular flexibility index (Phi) is 3.61. The van der Waals surface area contributed by atoms with Gasteiger partial charge >= 0.3 is 0 Å². The molecule has 0 fully saturated rings. The highest BCUT2D eigenvalue weighted by molar-refractivity contribution is 7.14. The smallest absolute Gasteiger partial charge is 0.212 e. The van der Waals surface area contributed by atoms with Crippen LogP contribution in [0.2, 0.25) is 0 Å². The Bertz CT molecular complexity index is 548. The Hall–Kier alpha value is -1.27. The van der Waals surface area contributed by atoms with Crippen LogP contribution in [0.4, 0.5) is 0 Å². The van der Waals surface area contributed by atoms with Gasteiger partial charge in [-0.05, 0) is 52.0 Å². The molecule has 0 radical (unpaired) electrons. The lowest BCUT2D eigenvalue weighted by atomic mass is 10.0. The first-order valence-corrected chi connectivity index (χ1v) is 7.71. The lowest BCUT2D eigenvalue weighted by Crippen LogP contribution is -2.03. The normalized spacial score (nSPS) is 14.6. The summed E-state index contributed by atoms with van der Waals surface area (Å²) in [6.07, 6.45) is 6.67. The van der Waals surface area contributed by atoms with Gasteiger partial charge in [0.05, 0.1) is 17.1 Å². The van der Waals surface area contributed by atoms with Crippen LogP contribution >= 0.6 is 11.3 Å². The first kappa shape index (κ1) is 12.7. The van der Waals surface area contributed by atoms with Crippen LogP contribution in [0.5, 0.6) is 0 Å².